The van der Waals surface area contributed by atoms with Gasteiger partial charge >= 0.3 is 0 Å². The van der Waals surface area contributed by atoms with Gasteiger partial charge in [-0.05, 0) is 31.9 Å². The predicted molar refractivity (Wildman–Crippen MR) is 60.0 cm³/mol. The van der Waals surface area contributed by atoms with Crippen molar-refractivity contribution in [2.75, 3.05) is 13.2 Å². The first kappa shape index (κ1) is 11.1. The van der Waals surface area contributed by atoms with E-state index in [2.05, 4.69) is 4.98 Å². The fourth-order valence-corrected chi connectivity index (χ4v) is 2.18. The number of likely N-dealkylation sites (tertiary alicyclic amines) is 1. The number of hydrogen-bond acceptors (Lipinski definition) is 3. The van der Waals surface area contributed by atoms with Gasteiger partial charge < -0.3 is 10.0 Å². The predicted octanol–water partition coefficient (Wildman–Crippen LogP) is 1.07. The zero-order chi connectivity index (χ0) is 11.6. The molecule has 1 saturated heterocycles. The molecule has 1 N–H and O–H groups in total. The molecule has 1 aliphatic heterocycles. The van der Waals surface area contributed by atoms with Gasteiger partial charge in [-0.1, -0.05) is 0 Å². The average molecular weight is 220 g/mol. The van der Waals surface area contributed by atoms with Crippen molar-refractivity contribution in [2.24, 2.45) is 0 Å². The number of amides is 1. The van der Waals surface area contributed by atoms with Gasteiger partial charge in [0.25, 0.3) is 5.91 Å². The van der Waals surface area contributed by atoms with Gasteiger partial charge in [0.1, 0.15) is 0 Å². The minimum absolute atomic E-state index is 0.0172. The number of aromatic nitrogens is 1. The van der Waals surface area contributed by atoms with Crippen molar-refractivity contribution in [3.63, 3.8) is 0 Å². The Morgan fingerprint density at radius 3 is 2.88 bits per heavy atom. The lowest BCUT2D eigenvalue weighted by Gasteiger charge is -2.33. The summed E-state index contributed by atoms with van der Waals surface area (Å²) in [6.07, 6.45) is 5.04. The van der Waals surface area contributed by atoms with Gasteiger partial charge in [-0.15, -0.1) is 0 Å². The van der Waals surface area contributed by atoms with Crippen molar-refractivity contribution in [1.82, 2.24) is 9.88 Å². The summed E-state index contributed by atoms with van der Waals surface area (Å²) >= 11 is 0. The second kappa shape index (κ2) is 4.22. The van der Waals surface area contributed by atoms with Crippen molar-refractivity contribution < 1.29 is 9.90 Å². The number of nitrogens with zero attached hydrogens (tertiary/aromatic N) is 2. The normalized spacial score (nSPS) is 24.8. The van der Waals surface area contributed by atoms with Crippen molar-refractivity contribution in [1.29, 1.82) is 0 Å². The number of carbonyl (C=O) groups excluding carboxylic acids is 1. The van der Waals surface area contributed by atoms with Crippen LogP contribution in [0.5, 0.6) is 0 Å². The van der Waals surface area contributed by atoms with Gasteiger partial charge in [0.2, 0.25) is 0 Å². The molecule has 1 aromatic heterocycles. The smallest absolute Gasteiger partial charge is 0.254 e. The number of aliphatic hydroxyl groups is 1. The molecule has 0 bridgehead atoms. The molecule has 0 unspecified atom stereocenters. The highest BCUT2D eigenvalue weighted by molar-refractivity contribution is 5.94. The van der Waals surface area contributed by atoms with E-state index in [0.29, 0.717) is 5.56 Å². The monoisotopic (exact) mass is 220 g/mol. The third-order valence-corrected chi connectivity index (χ3v) is 3.26. The summed E-state index contributed by atoms with van der Waals surface area (Å²) in [6.45, 7) is 2.67. The van der Waals surface area contributed by atoms with Gasteiger partial charge in [0, 0.05) is 24.5 Å². The fourth-order valence-electron chi connectivity index (χ4n) is 2.18. The van der Waals surface area contributed by atoms with Crippen LogP contribution in [-0.2, 0) is 0 Å². The molecule has 1 aliphatic rings. The summed E-state index contributed by atoms with van der Waals surface area (Å²) in [4.78, 5) is 17.9. The highest BCUT2D eigenvalue weighted by Gasteiger charge is 2.39. The lowest BCUT2D eigenvalue weighted by atomic mass is 10.00. The Hall–Kier alpha value is -1.42. The molecule has 0 aliphatic carbocycles. The van der Waals surface area contributed by atoms with Crippen LogP contribution in [0, 0.1) is 0 Å². The summed E-state index contributed by atoms with van der Waals surface area (Å²) < 4.78 is 0. The molecular formula is C12H16N2O2. The molecule has 86 valence electrons. The van der Waals surface area contributed by atoms with Crippen LogP contribution >= 0.6 is 0 Å². The highest BCUT2D eigenvalue weighted by Crippen LogP contribution is 2.29. The molecule has 1 amide bonds. The average Bonchev–Trinajstić information content (AvgIpc) is 2.72. The maximum absolute atomic E-state index is 12.2. The Bertz CT molecular complexity index is 380. The maximum Gasteiger partial charge on any atom is 0.254 e. The van der Waals surface area contributed by atoms with E-state index in [0.717, 1.165) is 19.4 Å². The van der Waals surface area contributed by atoms with Crippen LogP contribution in [0.2, 0.25) is 0 Å². The summed E-state index contributed by atoms with van der Waals surface area (Å²) in [5.41, 5.74) is 0.233. The van der Waals surface area contributed by atoms with Crippen LogP contribution in [0.4, 0.5) is 0 Å². The number of aliphatic hydroxyl groups excluding tert-OH is 1. The molecule has 0 radical (unpaired) electrons. The zero-order valence-electron chi connectivity index (χ0n) is 9.39. The first-order valence-electron chi connectivity index (χ1n) is 5.50. The van der Waals surface area contributed by atoms with Crippen LogP contribution in [0.15, 0.2) is 24.5 Å². The molecule has 0 aromatic carbocycles. The van der Waals surface area contributed by atoms with Gasteiger partial charge in [0.05, 0.1) is 12.1 Å². The Labute approximate surface area is 94.9 Å². The maximum atomic E-state index is 12.2. The van der Waals surface area contributed by atoms with E-state index in [1.54, 1.807) is 29.4 Å². The van der Waals surface area contributed by atoms with Crippen LogP contribution in [0.25, 0.3) is 0 Å². The molecule has 1 fully saturated rings. The summed E-state index contributed by atoms with van der Waals surface area (Å²) in [6, 6.07) is 3.41. The van der Waals surface area contributed by atoms with E-state index < -0.39 is 5.54 Å². The minimum Gasteiger partial charge on any atom is -0.394 e. The molecule has 2 heterocycles. The van der Waals surface area contributed by atoms with Gasteiger partial charge in [-0.3, -0.25) is 9.78 Å². The largest absolute Gasteiger partial charge is 0.394 e. The molecule has 4 heteroatoms. The number of pyridine rings is 1. The first-order valence-corrected chi connectivity index (χ1v) is 5.50. The van der Waals surface area contributed by atoms with Crippen LogP contribution in [0.1, 0.15) is 30.1 Å². The van der Waals surface area contributed by atoms with E-state index in [-0.39, 0.29) is 12.5 Å². The van der Waals surface area contributed by atoms with E-state index >= 15 is 0 Å². The Morgan fingerprint density at radius 1 is 1.56 bits per heavy atom. The van der Waals surface area contributed by atoms with E-state index in [9.17, 15) is 9.90 Å². The topological polar surface area (TPSA) is 53.4 Å². The summed E-state index contributed by atoms with van der Waals surface area (Å²) in [5, 5.41) is 9.39. The molecule has 4 nitrogen and oxygen atoms in total. The Kier molecular flexibility index (Phi) is 2.92. The number of hydrogen-bond donors (Lipinski definition) is 1. The lowest BCUT2D eigenvalue weighted by Crippen LogP contribution is -2.47. The molecule has 0 spiro atoms. The van der Waals surface area contributed by atoms with Crippen molar-refractivity contribution in [3.8, 4) is 0 Å². The lowest BCUT2D eigenvalue weighted by molar-refractivity contribution is 0.0473. The second-order valence-electron chi connectivity index (χ2n) is 4.45. The van der Waals surface area contributed by atoms with Crippen molar-refractivity contribution in [2.45, 2.75) is 25.3 Å². The summed E-state index contributed by atoms with van der Waals surface area (Å²) in [5.74, 6) is -0.0172. The molecule has 1 atom stereocenters. The summed E-state index contributed by atoms with van der Waals surface area (Å²) in [7, 11) is 0. The molecule has 16 heavy (non-hydrogen) atoms. The van der Waals surface area contributed by atoms with Crippen LogP contribution < -0.4 is 0 Å². The van der Waals surface area contributed by atoms with Crippen molar-refractivity contribution >= 4 is 5.91 Å². The van der Waals surface area contributed by atoms with Gasteiger partial charge in [0.15, 0.2) is 0 Å². The minimum atomic E-state index is -0.402. The molecule has 0 saturated carbocycles. The van der Waals surface area contributed by atoms with Crippen molar-refractivity contribution in [3.05, 3.63) is 30.1 Å². The molecule has 1 aromatic rings. The van der Waals surface area contributed by atoms with Gasteiger partial charge in [-0.25, -0.2) is 0 Å². The van der Waals surface area contributed by atoms with Gasteiger partial charge in [-0.2, -0.15) is 0 Å². The van der Waals surface area contributed by atoms with E-state index in [1.165, 1.54) is 0 Å². The Balaban J connectivity index is 2.23. The highest BCUT2D eigenvalue weighted by atomic mass is 16.3. The van der Waals surface area contributed by atoms with Crippen LogP contribution in [0.3, 0.4) is 0 Å². The third kappa shape index (κ3) is 1.80. The fraction of sp³-hybridized carbons (Fsp3) is 0.500. The second-order valence-corrected chi connectivity index (χ2v) is 4.45. The SMILES string of the molecule is C[C@@]1(CO)CCCN1C(=O)c1ccncc1. The van der Waals surface area contributed by atoms with Crippen LogP contribution in [-0.4, -0.2) is 39.6 Å². The first-order chi connectivity index (χ1) is 7.67. The van der Waals surface area contributed by atoms with E-state index in [1.807, 2.05) is 6.92 Å². The van der Waals surface area contributed by atoms with E-state index in [4.69, 9.17) is 0 Å². The quantitative estimate of drug-likeness (QED) is 0.811. The standard InChI is InChI=1S/C12H16N2O2/c1-12(9-15)5-2-8-14(12)11(16)10-3-6-13-7-4-10/h3-4,6-7,15H,2,5,8-9H2,1H3/t12-/m0/s1. The number of rotatable bonds is 2. The zero-order valence-corrected chi connectivity index (χ0v) is 9.39. The Morgan fingerprint density at radius 2 is 2.25 bits per heavy atom. The number of carbonyl (C=O) groups is 1. The molecular weight excluding hydrogens is 204 g/mol. The molecule has 2 rings (SSSR count). The third-order valence-electron chi connectivity index (χ3n) is 3.26.